The van der Waals surface area contributed by atoms with Gasteiger partial charge in [0.1, 0.15) is 0 Å². The largest absolute Gasteiger partial charge is 0.480 e. The number of hydrogen-bond acceptors (Lipinski definition) is 4. The van der Waals surface area contributed by atoms with Gasteiger partial charge in [-0.2, -0.15) is 0 Å². The molecule has 108 valence electrons. The number of carboxylic acid groups (broad SMARTS) is 1. The van der Waals surface area contributed by atoms with Crippen molar-refractivity contribution < 1.29 is 14.7 Å². The Morgan fingerprint density at radius 1 is 1.26 bits per heavy atom. The van der Waals surface area contributed by atoms with Gasteiger partial charge in [-0.05, 0) is 44.7 Å². The molecule has 1 aliphatic carbocycles. The van der Waals surface area contributed by atoms with Crippen LogP contribution in [0.2, 0.25) is 0 Å². The molecule has 1 amide bonds. The number of rotatable bonds is 7. The van der Waals surface area contributed by atoms with Gasteiger partial charge in [0.2, 0.25) is 5.91 Å². The smallest absolute Gasteiger partial charge is 0.317 e. The molecule has 1 unspecified atom stereocenters. The zero-order chi connectivity index (χ0) is 13.7. The van der Waals surface area contributed by atoms with Crippen LogP contribution in [0.1, 0.15) is 25.7 Å². The van der Waals surface area contributed by atoms with Crippen molar-refractivity contribution in [2.75, 3.05) is 32.7 Å². The number of carbonyl (C=O) groups is 2. The maximum absolute atomic E-state index is 11.7. The lowest BCUT2D eigenvalue weighted by Crippen LogP contribution is -2.45. The van der Waals surface area contributed by atoms with Gasteiger partial charge in [0.15, 0.2) is 0 Å². The molecular weight excluding hydrogens is 246 g/mol. The molecule has 0 radical (unpaired) electrons. The first-order chi connectivity index (χ1) is 9.13. The van der Waals surface area contributed by atoms with E-state index >= 15 is 0 Å². The first-order valence-electron chi connectivity index (χ1n) is 7.07. The summed E-state index contributed by atoms with van der Waals surface area (Å²) < 4.78 is 0. The number of carboxylic acids is 1. The Kier molecular flexibility index (Phi) is 5.15. The molecule has 0 spiro atoms. The van der Waals surface area contributed by atoms with E-state index in [0.717, 1.165) is 38.8 Å². The maximum atomic E-state index is 11.7. The third kappa shape index (κ3) is 5.57. The van der Waals surface area contributed by atoms with Gasteiger partial charge in [0.05, 0.1) is 13.1 Å². The van der Waals surface area contributed by atoms with E-state index in [9.17, 15) is 9.59 Å². The quantitative estimate of drug-likeness (QED) is 0.588. The lowest BCUT2D eigenvalue weighted by atomic mass is 9.98. The van der Waals surface area contributed by atoms with Crippen molar-refractivity contribution in [1.82, 2.24) is 15.5 Å². The summed E-state index contributed by atoms with van der Waals surface area (Å²) in [5, 5.41) is 14.5. The van der Waals surface area contributed by atoms with E-state index in [1.54, 1.807) is 0 Å². The highest BCUT2D eigenvalue weighted by atomic mass is 16.4. The number of nitrogens with one attached hydrogen (secondary N) is 2. The number of carbonyl (C=O) groups excluding carboxylic acids is 1. The topological polar surface area (TPSA) is 81.7 Å². The van der Waals surface area contributed by atoms with Crippen LogP contribution in [0.3, 0.4) is 0 Å². The molecule has 6 heteroatoms. The van der Waals surface area contributed by atoms with Crippen LogP contribution < -0.4 is 10.6 Å². The summed E-state index contributed by atoms with van der Waals surface area (Å²) >= 11 is 0. The van der Waals surface area contributed by atoms with E-state index in [0.29, 0.717) is 25.0 Å². The van der Waals surface area contributed by atoms with E-state index in [1.165, 1.54) is 0 Å². The molecular formula is C13H23N3O3. The van der Waals surface area contributed by atoms with Crippen molar-refractivity contribution in [2.45, 2.75) is 31.7 Å². The fourth-order valence-electron chi connectivity index (χ4n) is 2.55. The molecule has 3 N–H and O–H groups in total. The third-order valence-corrected chi connectivity index (χ3v) is 3.62. The molecule has 6 nitrogen and oxygen atoms in total. The van der Waals surface area contributed by atoms with Crippen molar-refractivity contribution in [3.05, 3.63) is 0 Å². The highest BCUT2D eigenvalue weighted by molar-refractivity contribution is 5.78. The summed E-state index contributed by atoms with van der Waals surface area (Å²) in [6, 6.07) is 0.422. The molecule has 2 fully saturated rings. The Labute approximate surface area is 113 Å². The van der Waals surface area contributed by atoms with E-state index in [1.807, 2.05) is 0 Å². The Bertz CT molecular complexity index is 331. The van der Waals surface area contributed by atoms with Gasteiger partial charge < -0.3 is 15.7 Å². The monoisotopic (exact) mass is 269 g/mol. The van der Waals surface area contributed by atoms with Crippen molar-refractivity contribution >= 4 is 11.9 Å². The molecule has 0 bridgehead atoms. The maximum Gasteiger partial charge on any atom is 0.317 e. The van der Waals surface area contributed by atoms with Crippen LogP contribution in [-0.4, -0.2) is 60.6 Å². The van der Waals surface area contributed by atoms with Crippen molar-refractivity contribution in [3.8, 4) is 0 Å². The molecule has 19 heavy (non-hydrogen) atoms. The molecule has 1 saturated heterocycles. The minimum absolute atomic E-state index is 0.0126. The summed E-state index contributed by atoms with van der Waals surface area (Å²) in [6.45, 7) is 3.05. The minimum Gasteiger partial charge on any atom is -0.480 e. The molecule has 2 rings (SSSR count). The SMILES string of the molecule is O=C(O)CNCC1CCCN(CC(=O)NC2CC2)C1. The van der Waals surface area contributed by atoms with Crippen LogP contribution in [0.25, 0.3) is 0 Å². The molecule has 0 aromatic heterocycles. The fraction of sp³-hybridized carbons (Fsp3) is 0.846. The van der Waals surface area contributed by atoms with Crippen molar-refractivity contribution in [2.24, 2.45) is 5.92 Å². The standard InChI is InChI=1S/C13H23N3O3/c17-12(15-11-3-4-11)9-16-5-1-2-10(8-16)6-14-7-13(18)19/h10-11,14H,1-9H2,(H,15,17)(H,18,19). The van der Waals surface area contributed by atoms with Gasteiger partial charge in [-0.1, -0.05) is 0 Å². The summed E-state index contributed by atoms with van der Waals surface area (Å²) in [5.74, 6) is -0.250. The van der Waals surface area contributed by atoms with Crippen LogP contribution in [0.4, 0.5) is 0 Å². The van der Waals surface area contributed by atoms with Gasteiger partial charge in [0.25, 0.3) is 0 Å². The van der Waals surface area contributed by atoms with Crippen LogP contribution in [0.5, 0.6) is 0 Å². The average Bonchev–Trinajstić information content (AvgIpc) is 3.12. The Balaban J connectivity index is 1.64. The number of hydrogen-bond donors (Lipinski definition) is 3. The first kappa shape index (κ1) is 14.3. The minimum atomic E-state index is -0.823. The van der Waals surface area contributed by atoms with Crippen LogP contribution in [0.15, 0.2) is 0 Å². The van der Waals surface area contributed by atoms with E-state index in [4.69, 9.17) is 5.11 Å². The average molecular weight is 269 g/mol. The van der Waals surface area contributed by atoms with Crippen molar-refractivity contribution in [1.29, 1.82) is 0 Å². The van der Waals surface area contributed by atoms with Crippen LogP contribution in [0, 0.1) is 5.92 Å². The molecule has 1 heterocycles. The van der Waals surface area contributed by atoms with Crippen LogP contribution >= 0.6 is 0 Å². The molecule has 1 saturated carbocycles. The lowest BCUT2D eigenvalue weighted by Gasteiger charge is -2.32. The van der Waals surface area contributed by atoms with E-state index < -0.39 is 5.97 Å². The van der Waals surface area contributed by atoms with E-state index in [2.05, 4.69) is 15.5 Å². The van der Waals surface area contributed by atoms with Gasteiger partial charge in [-0.15, -0.1) is 0 Å². The Morgan fingerprint density at radius 2 is 2.05 bits per heavy atom. The molecule has 0 aromatic carbocycles. The highest BCUT2D eigenvalue weighted by Crippen LogP contribution is 2.19. The third-order valence-electron chi connectivity index (χ3n) is 3.62. The molecule has 2 aliphatic rings. The van der Waals surface area contributed by atoms with Crippen molar-refractivity contribution in [3.63, 3.8) is 0 Å². The zero-order valence-corrected chi connectivity index (χ0v) is 11.2. The first-order valence-corrected chi connectivity index (χ1v) is 7.07. The number of aliphatic carboxylic acids is 1. The second-order valence-electron chi connectivity index (χ2n) is 5.61. The normalized spacial score (nSPS) is 24.1. The number of nitrogens with zero attached hydrogens (tertiary/aromatic N) is 1. The zero-order valence-electron chi connectivity index (χ0n) is 11.2. The fourth-order valence-corrected chi connectivity index (χ4v) is 2.55. The second kappa shape index (κ2) is 6.86. The summed E-state index contributed by atoms with van der Waals surface area (Å²) in [6.07, 6.45) is 4.42. The van der Waals surface area contributed by atoms with Gasteiger partial charge >= 0.3 is 5.97 Å². The summed E-state index contributed by atoms with van der Waals surface area (Å²) in [4.78, 5) is 24.3. The highest BCUT2D eigenvalue weighted by Gasteiger charge is 2.26. The van der Waals surface area contributed by atoms with Gasteiger partial charge in [0, 0.05) is 12.6 Å². The van der Waals surface area contributed by atoms with Gasteiger partial charge in [-0.3, -0.25) is 14.5 Å². The lowest BCUT2D eigenvalue weighted by molar-refractivity contribution is -0.136. The summed E-state index contributed by atoms with van der Waals surface area (Å²) in [5.41, 5.74) is 0. The molecule has 1 aliphatic heterocycles. The number of piperidine rings is 1. The van der Waals surface area contributed by atoms with Crippen LogP contribution in [-0.2, 0) is 9.59 Å². The predicted octanol–water partition coefficient (Wildman–Crippen LogP) is -0.349. The number of likely N-dealkylation sites (tertiary alicyclic amines) is 1. The summed E-state index contributed by atoms with van der Waals surface area (Å²) in [7, 11) is 0. The Hall–Kier alpha value is -1.14. The predicted molar refractivity (Wildman–Crippen MR) is 70.8 cm³/mol. The molecule has 0 aromatic rings. The Morgan fingerprint density at radius 3 is 2.74 bits per heavy atom. The van der Waals surface area contributed by atoms with Gasteiger partial charge in [-0.25, -0.2) is 0 Å². The second-order valence-corrected chi connectivity index (χ2v) is 5.61. The molecule has 1 atom stereocenters. The number of amides is 1. The van der Waals surface area contributed by atoms with E-state index in [-0.39, 0.29) is 12.5 Å².